The molecule has 2 N–H and O–H groups in total. The van der Waals surface area contributed by atoms with Crippen LogP contribution in [-0.4, -0.2) is 12.5 Å². The van der Waals surface area contributed by atoms with Gasteiger partial charge in [0.1, 0.15) is 5.82 Å². The third kappa shape index (κ3) is 2.12. The zero-order valence-corrected chi connectivity index (χ0v) is 8.11. The summed E-state index contributed by atoms with van der Waals surface area (Å²) < 4.78 is 52.8. The zero-order chi connectivity index (χ0) is 11.7. The van der Waals surface area contributed by atoms with Crippen molar-refractivity contribution in [3.63, 3.8) is 0 Å². The van der Waals surface area contributed by atoms with E-state index in [0.717, 1.165) is 18.2 Å². The molecule has 0 aliphatic rings. The molecule has 15 heavy (non-hydrogen) atoms. The lowest BCUT2D eigenvalue weighted by atomic mass is 9.91. The molecule has 1 atom stereocenters. The number of hydrogen-bond donors (Lipinski definition) is 1. The van der Waals surface area contributed by atoms with Gasteiger partial charge in [0.05, 0.1) is 6.54 Å². The van der Waals surface area contributed by atoms with Crippen molar-refractivity contribution in [2.45, 2.75) is 18.5 Å². The molecule has 1 unspecified atom stereocenters. The van der Waals surface area contributed by atoms with Crippen molar-refractivity contribution in [3.05, 3.63) is 35.6 Å². The lowest BCUT2D eigenvalue weighted by Gasteiger charge is -2.29. The van der Waals surface area contributed by atoms with Crippen molar-refractivity contribution >= 4 is 0 Å². The Balaban J connectivity index is 3.16. The molecule has 0 aliphatic heterocycles. The van der Waals surface area contributed by atoms with Gasteiger partial charge in [-0.2, -0.15) is 0 Å². The van der Waals surface area contributed by atoms with Crippen LogP contribution >= 0.6 is 0 Å². The van der Waals surface area contributed by atoms with Gasteiger partial charge in [0, 0.05) is 0 Å². The molecule has 5 heteroatoms. The monoisotopic (exact) mass is 221 g/mol. The first-order valence-electron chi connectivity index (χ1n) is 4.34. The fourth-order valence-electron chi connectivity index (χ4n) is 1.18. The number of benzene rings is 1. The lowest BCUT2D eigenvalue weighted by Crippen LogP contribution is -2.45. The topological polar surface area (TPSA) is 26.0 Å². The van der Waals surface area contributed by atoms with Crippen LogP contribution in [0.1, 0.15) is 12.5 Å². The Labute approximate surface area is 84.9 Å². The van der Waals surface area contributed by atoms with E-state index < -0.39 is 29.5 Å². The molecule has 84 valence electrons. The average molecular weight is 221 g/mol. The molecule has 1 aromatic carbocycles. The second kappa shape index (κ2) is 3.81. The summed E-state index contributed by atoms with van der Waals surface area (Å²) in [5, 5.41) is 0. The summed E-state index contributed by atoms with van der Waals surface area (Å²) in [6, 6.07) is 4.07. The van der Waals surface area contributed by atoms with Gasteiger partial charge >= 0.3 is 0 Å². The second-order valence-electron chi connectivity index (χ2n) is 3.42. The Morgan fingerprint density at radius 2 is 1.87 bits per heavy atom. The predicted octanol–water partition coefficient (Wildman–Crippen LogP) is 2.60. The Bertz CT molecular complexity index is 349. The minimum Gasteiger partial charge on any atom is -0.325 e. The molecule has 0 saturated carbocycles. The number of nitrogens with two attached hydrogens (primary N) is 1. The molecule has 1 rings (SSSR count). The standard InChI is InChI=1S/C10H11F4N/c1-9(12,10(13,14)6-15)7-3-2-4-8(11)5-7/h2-5H,6,15H2,1H3. The van der Waals surface area contributed by atoms with Crippen LogP contribution in [0, 0.1) is 5.82 Å². The molecule has 0 aliphatic carbocycles. The molecule has 0 saturated heterocycles. The summed E-state index contributed by atoms with van der Waals surface area (Å²) in [5.41, 5.74) is 1.40. The average Bonchev–Trinajstić information content (AvgIpc) is 2.17. The number of hydrogen-bond acceptors (Lipinski definition) is 1. The van der Waals surface area contributed by atoms with Crippen molar-refractivity contribution in [1.82, 2.24) is 0 Å². The van der Waals surface area contributed by atoms with Crippen molar-refractivity contribution in [3.8, 4) is 0 Å². The fourth-order valence-corrected chi connectivity index (χ4v) is 1.18. The van der Waals surface area contributed by atoms with Crippen molar-refractivity contribution in [2.24, 2.45) is 5.73 Å². The third-order valence-electron chi connectivity index (χ3n) is 2.31. The quantitative estimate of drug-likeness (QED) is 0.780. The van der Waals surface area contributed by atoms with E-state index in [1.807, 2.05) is 0 Å². The molecule has 0 radical (unpaired) electrons. The normalized spacial score (nSPS) is 16.1. The number of halogens is 4. The SMILES string of the molecule is CC(F)(c1cccc(F)c1)C(F)(F)CN. The van der Waals surface area contributed by atoms with E-state index in [0.29, 0.717) is 6.92 Å². The van der Waals surface area contributed by atoms with E-state index in [2.05, 4.69) is 0 Å². The Kier molecular flexibility index (Phi) is 3.04. The van der Waals surface area contributed by atoms with Gasteiger partial charge in [0.25, 0.3) is 5.92 Å². The number of alkyl halides is 3. The highest BCUT2D eigenvalue weighted by molar-refractivity contribution is 5.25. The van der Waals surface area contributed by atoms with Crippen LogP contribution in [0.3, 0.4) is 0 Å². The lowest BCUT2D eigenvalue weighted by molar-refractivity contribution is -0.126. The van der Waals surface area contributed by atoms with Crippen LogP contribution in [0.4, 0.5) is 17.6 Å². The first kappa shape index (κ1) is 12.0. The maximum atomic E-state index is 13.8. The van der Waals surface area contributed by atoms with Gasteiger partial charge in [-0.05, 0) is 24.6 Å². The van der Waals surface area contributed by atoms with Crippen LogP contribution in [0.5, 0.6) is 0 Å². The van der Waals surface area contributed by atoms with E-state index >= 15 is 0 Å². The first-order valence-corrected chi connectivity index (χ1v) is 4.34. The molecule has 1 nitrogen and oxygen atoms in total. The maximum Gasteiger partial charge on any atom is 0.297 e. The Morgan fingerprint density at radius 3 is 2.33 bits per heavy atom. The molecule has 0 spiro atoms. The smallest absolute Gasteiger partial charge is 0.297 e. The fraction of sp³-hybridized carbons (Fsp3) is 0.400. The van der Waals surface area contributed by atoms with E-state index in [-0.39, 0.29) is 0 Å². The van der Waals surface area contributed by atoms with Gasteiger partial charge in [-0.25, -0.2) is 17.6 Å². The highest BCUT2D eigenvalue weighted by atomic mass is 19.3. The highest BCUT2D eigenvalue weighted by Crippen LogP contribution is 2.40. The molecule has 0 amide bonds. The van der Waals surface area contributed by atoms with Gasteiger partial charge in [-0.15, -0.1) is 0 Å². The summed E-state index contributed by atoms with van der Waals surface area (Å²) >= 11 is 0. The second-order valence-corrected chi connectivity index (χ2v) is 3.42. The van der Waals surface area contributed by atoms with Gasteiger partial charge in [0.2, 0.25) is 0 Å². The van der Waals surface area contributed by atoms with Crippen LogP contribution in [0.25, 0.3) is 0 Å². The van der Waals surface area contributed by atoms with Crippen LogP contribution in [0.2, 0.25) is 0 Å². The summed E-state index contributed by atoms with van der Waals surface area (Å²) in [6.07, 6.45) is 0. The molecule has 0 bridgehead atoms. The molecule has 0 heterocycles. The summed E-state index contributed by atoms with van der Waals surface area (Å²) in [6.45, 7) is -0.439. The van der Waals surface area contributed by atoms with E-state index in [4.69, 9.17) is 5.73 Å². The van der Waals surface area contributed by atoms with Gasteiger partial charge in [-0.3, -0.25) is 0 Å². The van der Waals surface area contributed by atoms with E-state index in [9.17, 15) is 17.6 Å². The zero-order valence-electron chi connectivity index (χ0n) is 8.11. The van der Waals surface area contributed by atoms with Crippen molar-refractivity contribution in [2.75, 3.05) is 6.54 Å². The number of rotatable bonds is 3. The van der Waals surface area contributed by atoms with Gasteiger partial charge in [-0.1, -0.05) is 12.1 Å². The first-order chi connectivity index (χ1) is 6.81. The maximum absolute atomic E-state index is 13.8. The summed E-state index contributed by atoms with van der Waals surface area (Å²) in [7, 11) is 0. The van der Waals surface area contributed by atoms with Crippen molar-refractivity contribution < 1.29 is 17.6 Å². The van der Waals surface area contributed by atoms with Crippen molar-refractivity contribution in [1.29, 1.82) is 0 Å². The largest absolute Gasteiger partial charge is 0.325 e. The summed E-state index contributed by atoms with van der Waals surface area (Å²) in [4.78, 5) is 0. The molecular formula is C10H11F4N. The highest BCUT2D eigenvalue weighted by Gasteiger charge is 2.51. The van der Waals surface area contributed by atoms with Gasteiger partial charge < -0.3 is 5.73 Å². The van der Waals surface area contributed by atoms with E-state index in [1.165, 1.54) is 6.07 Å². The predicted molar refractivity (Wildman–Crippen MR) is 48.9 cm³/mol. The minimum absolute atomic E-state index is 0.419. The Hall–Kier alpha value is -1.10. The summed E-state index contributed by atoms with van der Waals surface area (Å²) in [5.74, 6) is -4.48. The van der Waals surface area contributed by atoms with Crippen LogP contribution in [-0.2, 0) is 5.67 Å². The molecule has 0 aromatic heterocycles. The van der Waals surface area contributed by atoms with E-state index in [1.54, 1.807) is 0 Å². The van der Waals surface area contributed by atoms with Gasteiger partial charge in [0.15, 0.2) is 5.67 Å². The minimum atomic E-state index is -3.72. The third-order valence-corrected chi connectivity index (χ3v) is 2.31. The van der Waals surface area contributed by atoms with Crippen LogP contribution in [0.15, 0.2) is 24.3 Å². The molecule has 0 fully saturated rings. The Morgan fingerprint density at radius 1 is 1.27 bits per heavy atom. The molecule has 1 aromatic rings. The van der Waals surface area contributed by atoms with Crippen LogP contribution < -0.4 is 5.73 Å². The molecular weight excluding hydrogens is 210 g/mol.